The molecule has 2 atom stereocenters. The van der Waals surface area contributed by atoms with Crippen LogP contribution in [0.25, 0.3) is 11.0 Å². The Kier molecular flexibility index (Phi) is 3.92. The normalized spacial score (nSPS) is 22.9. The number of halogens is 3. The van der Waals surface area contributed by atoms with Gasteiger partial charge in [-0.3, -0.25) is 4.68 Å². The molecule has 1 saturated carbocycles. The minimum Gasteiger partial charge on any atom is -0.366 e. The molecular formula is C14H18F3N5. The zero-order chi connectivity index (χ0) is 15.7. The molecule has 0 spiro atoms. The zero-order valence-corrected chi connectivity index (χ0v) is 12.3. The molecule has 3 rings (SSSR count). The summed E-state index contributed by atoms with van der Waals surface area (Å²) in [6, 6.07) is -0.214. The number of alkyl halides is 3. The van der Waals surface area contributed by atoms with Gasteiger partial charge in [0.15, 0.2) is 5.65 Å². The third-order valence-corrected chi connectivity index (χ3v) is 4.25. The highest BCUT2D eigenvalue weighted by atomic mass is 19.4. The van der Waals surface area contributed by atoms with Crippen molar-refractivity contribution in [1.82, 2.24) is 19.7 Å². The number of fused-ring (bicyclic) bond motifs is 1. The quantitative estimate of drug-likeness (QED) is 0.945. The summed E-state index contributed by atoms with van der Waals surface area (Å²) in [6.07, 6.45) is 1.29. The summed E-state index contributed by atoms with van der Waals surface area (Å²) < 4.78 is 39.8. The van der Waals surface area contributed by atoms with Crippen LogP contribution in [-0.2, 0) is 7.05 Å². The lowest BCUT2D eigenvalue weighted by Crippen LogP contribution is -2.35. The predicted molar refractivity (Wildman–Crippen MR) is 76.3 cm³/mol. The molecule has 0 bridgehead atoms. The molecule has 1 fully saturated rings. The maximum absolute atomic E-state index is 12.7. The van der Waals surface area contributed by atoms with Crippen molar-refractivity contribution in [2.24, 2.45) is 13.0 Å². The fraction of sp³-hybridized carbons (Fsp3) is 0.643. The first-order valence-corrected chi connectivity index (χ1v) is 7.40. The molecule has 0 saturated heterocycles. The Labute approximate surface area is 125 Å². The summed E-state index contributed by atoms with van der Waals surface area (Å²) >= 11 is 0. The van der Waals surface area contributed by atoms with Crippen LogP contribution in [0, 0.1) is 5.92 Å². The highest BCUT2D eigenvalue weighted by Crippen LogP contribution is 2.36. The van der Waals surface area contributed by atoms with Crippen LogP contribution in [0.2, 0.25) is 0 Å². The molecule has 0 aromatic carbocycles. The van der Waals surface area contributed by atoms with E-state index in [0.29, 0.717) is 17.9 Å². The van der Waals surface area contributed by atoms with E-state index in [1.54, 1.807) is 17.9 Å². The predicted octanol–water partition coefficient (Wildman–Crippen LogP) is 3.29. The molecule has 1 N–H and O–H groups in total. The highest BCUT2D eigenvalue weighted by molar-refractivity contribution is 5.86. The minimum atomic E-state index is -4.13. The van der Waals surface area contributed by atoms with Crippen molar-refractivity contribution in [3.8, 4) is 0 Å². The zero-order valence-electron chi connectivity index (χ0n) is 12.3. The Morgan fingerprint density at radius 1 is 1.27 bits per heavy atom. The molecule has 2 aromatic heterocycles. The second-order valence-electron chi connectivity index (χ2n) is 5.84. The van der Waals surface area contributed by atoms with E-state index >= 15 is 0 Å². The van der Waals surface area contributed by atoms with Crippen LogP contribution in [0.3, 0.4) is 0 Å². The van der Waals surface area contributed by atoms with Crippen LogP contribution < -0.4 is 5.32 Å². The number of nitrogens with one attached hydrogen (secondary N) is 1. The van der Waals surface area contributed by atoms with Gasteiger partial charge in [-0.25, -0.2) is 9.97 Å². The van der Waals surface area contributed by atoms with Crippen molar-refractivity contribution in [3.63, 3.8) is 0 Å². The monoisotopic (exact) mass is 313 g/mol. The second-order valence-corrected chi connectivity index (χ2v) is 5.84. The first kappa shape index (κ1) is 15.1. The van der Waals surface area contributed by atoms with Gasteiger partial charge in [0, 0.05) is 19.5 Å². The van der Waals surface area contributed by atoms with Gasteiger partial charge in [0.05, 0.1) is 11.6 Å². The van der Waals surface area contributed by atoms with Gasteiger partial charge in [0.25, 0.3) is 0 Å². The summed E-state index contributed by atoms with van der Waals surface area (Å²) in [6.45, 7) is 0. The fourth-order valence-electron chi connectivity index (χ4n) is 3.19. The molecule has 5 nitrogen and oxygen atoms in total. The second kappa shape index (κ2) is 5.73. The molecule has 0 radical (unpaired) electrons. The van der Waals surface area contributed by atoms with Gasteiger partial charge in [-0.15, -0.1) is 0 Å². The Morgan fingerprint density at radius 3 is 2.82 bits per heavy atom. The van der Waals surface area contributed by atoms with Crippen LogP contribution in [0.15, 0.2) is 12.5 Å². The minimum absolute atomic E-state index is 0.214. The number of nitrogens with zero attached hydrogens (tertiary/aromatic N) is 4. The Morgan fingerprint density at radius 2 is 2.05 bits per heavy atom. The summed E-state index contributed by atoms with van der Waals surface area (Å²) in [4.78, 5) is 8.33. The molecule has 0 aliphatic heterocycles. The molecule has 120 valence electrons. The smallest absolute Gasteiger partial charge is 0.366 e. The molecule has 22 heavy (non-hydrogen) atoms. The van der Waals surface area contributed by atoms with Crippen LogP contribution in [0.5, 0.6) is 0 Å². The van der Waals surface area contributed by atoms with Gasteiger partial charge in [-0.1, -0.05) is 12.8 Å². The van der Waals surface area contributed by atoms with E-state index in [1.165, 1.54) is 6.33 Å². The lowest BCUT2D eigenvalue weighted by atomic mass is 9.82. The maximum Gasteiger partial charge on any atom is 0.389 e. The average molecular weight is 313 g/mol. The number of aryl methyl sites for hydroxylation is 1. The van der Waals surface area contributed by atoms with Crippen molar-refractivity contribution >= 4 is 16.9 Å². The molecule has 2 aromatic rings. The first-order valence-electron chi connectivity index (χ1n) is 7.40. The summed E-state index contributed by atoms with van der Waals surface area (Å²) in [5.41, 5.74) is 0.667. The Hall–Kier alpha value is -1.86. The standard InChI is InChI=1S/C14H18F3N5/c1-22-13-10(7-20-22)12(18-8-19-13)21-11-5-3-2-4-9(11)6-14(15,16)17/h7-9,11H,2-6H2,1H3,(H,18,19,21)/t9-,11-/m0/s1. The molecule has 1 aliphatic rings. The van der Waals surface area contributed by atoms with E-state index in [2.05, 4.69) is 20.4 Å². The number of hydrogen-bond donors (Lipinski definition) is 1. The van der Waals surface area contributed by atoms with Gasteiger partial charge in [0.2, 0.25) is 0 Å². The van der Waals surface area contributed by atoms with Gasteiger partial charge >= 0.3 is 6.18 Å². The third-order valence-electron chi connectivity index (χ3n) is 4.25. The SMILES string of the molecule is Cn1ncc2c(N[C@H]3CCCC[C@H]3CC(F)(F)F)ncnc21. The van der Waals surface area contributed by atoms with Crippen molar-refractivity contribution in [2.45, 2.75) is 44.3 Å². The van der Waals surface area contributed by atoms with Crippen LogP contribution in [0.1, 0.15) is 32.1 Å². The Bertz CT molecular complexity index is 651. The van der Waals surface area contributed by atoms with E-state index < -0.39 is 18.5 Å². The maximum atomic E-state index is 12.7. The van der Waals surface area contributed by atoms with Crippen molar-refractivity contribution < 1.29 is 13.2 Å². The first-order chi connectivity index (χ1) is 10.4. The van der Waals surface area contributed by atoms with E-state index in [0.717, 1.165) is 24.6 Å². The number of anilines is 1. The molecule has 1 aliphatic carbocycles. The summed E-state index contributed by atoms with van der Waals surface area (Å²) in [5.74, 6) is 0.160. The molecular weight excluding hydrogens is 295 g/mol. The van der Waals surface area contributed by atoms with E-state index in [9.17, 15) is 13.2 Å². The summed E-state index contributed by atoms with van der Waals surface area (Å²) in [5, 5.41) is 8.06. The average Bonchev–Trinajstić information content (AvgIpc) is 2.82. The van der Waals surface area contributed by atoms with Gasteiger partial charge in [0.1, 0.15) is 12.1 Å². The van der Waals surface area contributed by atoms with Crippen LogP contribution in [-0.4, -0.2) is 32.0 Å². The topological polar surface area (TPSA) is 55.6 Å². The van der Waals surface area contributed by atoms with E-state index in [4.69, 9.17) is 0 Å². The van der Waals surface area contributed by atoms with Gasteiger partial charge < -0.3 is 5.32 Å². The van der Waals surface area contributed by atoms with E-state index in [-0.39, 0.29) is 6.04 Å². The van der Waals surface area contributed by atoms with Crippen molar-refractivity contribution in [2.75, 3.05) is 5.32 Å². The molecule has 2 heterocycles. The number of rotatable bonds is 3. The summed E-state index contributed by atoms with van der Waals surface area (Å²) in [7, 11) is 1.77. The number of hydrogen-bond acceptors (Lipinski definition) is 4. The van der Waals surface area contributed by atoms with Gasteiger partial charge in [-0.2, -0.15) is 18.3 Å². The van der Waals surface area contributed by atoms with E-state index in [1.807, 2.05) is 0 Å². The van der Waals surface area contributed by atoms with Crippen LogP contribution >= 0.6 is 0 Å². The largest absolute Gasteiger partial charge is 0.389 e. The molecule has 0 unspecified atom stereocenters. The molecule has 0 amide bonds. The lowest BCUT2D eigenvalue weighted by molar-refractivity contribution is -0.147. The fourth-order valence-corrected chi connectivity index (χ4v) is 3.19. The van der Waals surface area contributed by atoms with Crippen LogP contribution in [0.4, 0.5) is 19.0 Å². The highest BCUT2D eigenvalue weighted by Gasteiger charge is 2.37. The number of aromatic nitrogens is 4. The Balaban J connectivity index is 1.82. The lowest BCUT2D eigenvalue weighted by Gasteiger charge is -2.33. The van der Waals surface area contributed by atoms with Crippen molar-refractivity contribution in [3.05, 3.63) is 12.5 Å². The molecule has 8 heteroatoms. The van der Waals surface area contributed by atoms with Gasteiger partial charge in [-0.05, 0) is 18.8 Å². The van der Waals surface area contributed by atoms with Crippen molar-refractivity contribution in [1.29, 1.82) is 0 Å². The third kappa shape index (κ3) is 3.15.